The molecule has 0 aliphatic carbocycles. The zero-order valence-electron chi connectivity index (χ0n) is 17.8. The van der Waals surface area contributed by atoms with Gasteiger partial charge < -0.3 is 14.5 Å². The molecule has 0 radical (unpaired) electrons. The van der Waals surface area contributed by atoms with Gasteiger partial charge in [0, 0.05) is 37.7 Å². The lowest BCUT2D eigenvalue weighted by Gasteiger charge is -2.32. The Morgan fingerprint density at radius 3 is 2.29 bits per heavy atom. The number of piperidine rings is 1. The van der Waals surface area contributed by atoms with Crippen LogP contribution in [0.25, 0.3) is 0 Å². The maximum Gasteiger partial charge on any atom is 0.253 e. The van der Waals surface area contributed by atoms with Gasteiger partial charge in [0.2, 0.25) is 5.91 Å². The Bertz CT molecular complexity index is 892. The van der Waals surface area contributed by atoms with Gasteiger partial charge in [-0.15, -0.1) is 0 Å². The average Bonchev–Trinajstić information content (AvgIpc) is 3.34. The van der Waals surface area contributed by atoms with Crippen LogP contribution in [0.3, 0.4) is 0 Å². The number of rotatable bonds is 6. The number of benzene rings is 2. The van der Waals surface area contributed by atoms with Gasteiger partial charge in [-0.05, 0) is 67.6 Å². The number of likely N-dealkylation sites (tertiary alicyclic amines) is 2. The first-order chi connectivity index (χ1) is 15.1. The fraction of sp³-hybridized carbons (Fsp3) is 0.440. The molecule has 0 bridgehead atoms. The van der Waals surface area contributed by atoms with Crippen LogP contribution in [0.5, 0.6) is 5.75 Å². The molecule has 2 aliphatic rings. The molecule has 0 unspecified atom stereocenters. The van der Waals surface area contributed by atoms with E-state index in [-0.39, 0.29) is 23.5 Å². The van der Waals surface area contributed by atoms with E-state index in [1.54, 1.807) is 12.1 Å². The highest BCUT2D eigenvalue weighted by atomic mass is 19.1. The predicted octanol–water partition coefficient (Wildman–Crippen LogP) is 3.92. The Balaban J connectivity index is 1.26. The summed E-state index contributed by atoms with van der Waals surface area (Å²) in [5.41, 5.74) is 1.53. The summed E-state index contributed by atoms with van der Waals surface area (Å²) in [6.07, 6.45) is 4.42. The summed E-state index contributed by atoms with van der Waals surface area (Å²) in [6.45, 7) is 3.65. The van der Waals surface area contributed by atoms with Gasteiger partial charge in [0.25, 0.3) is 5.91 Å². The summed E-state index contributed by atoms with van der Waals surface area (Å²) in [5.74, 6) is 0.886. The summed E-state index contributed by atoms with van der Waals surface area (Å²) in [7, 11) is 0. The van der Waals surface area contributed by atoms with Crippen molar-refractivity contribution in [1.82, 2.24) is 9.80 Å². The molecule has 1 atom stereocenters. The minimum atomic E-state index is -0.292. The quantitative estimate of drug-likeness (QED) is 0.706. The third kappa shape index (κ3) is 5.63. The molecule has 2 amide bonds. The number of hydrogen-bond acceptors (Lipinski definition) is 3. The third-order valence-corrected chi connectivity index (χ3v) is 6.12. The monoisotopic (exact) mass is 424 g/mol. The standard InChI is InChI=1S/C25H29FN2O3/c26-22-9-5-19(6-10-22)16-24(29)28-15-3-4-20(17-28)18-31-23-11-7-21(8-12-23)25(30)27-13-1-2-14-27/h5-12,20H,1-4,13-18H2/t20-/m1/s1. The molecule has 164 valence electrons. The Morgan fingerprint density at radius 1 is 0.903 bits per heavy atom. The molecule has 2 saturated heterocycles. The van der Waals surface area contributed by atoms with Gasteiger partial charge in [-0.3, -0.25) is 9.59 Å². The molecule has 0 N–H and O–H groups in total. The molecule has 31 heavy (non-hydrogen) atoms. The molecule has 5 nitrogen and oxygen atoms in total. The molecule has 2 aromatic rings. The fourth-order valence-electron chi connectivity index (χ4n) is 4.33. The molecular formula is C25H29FN2O3. The highest BCUT2D eigenvalue weighted by Gasteiger charge is 2.24. The second-order valence-electron chi connectivity index (χ2n) is 8.49. The largest absolute Gasteiger partial charge is 0.493 e. The minimum Gasteiger partial charge on any atom is -0.493 e. The maximum atomic E-state index is 13.1. The first-order valence-corrected chi connectivity index (χ1v) is 11.1. The lowest BCUT2D eigenvalue weighted by Crippen LogP contribution is -2.42. The second-order valence-corrected chi connectivity index (χ2v) is 8.49. The molecule has 2 aromatic carbocycles. The molecule has 2 heterocycles. The number of ether oxygens (including phenoxy) is 1. The molecule has 0 spiro atoms. The number of amides is 2. The zero-order valence-corrected chi connectivity index (χ0v) is 17.8. The van der Waals surface area contributed by atoms with Crippen molar-refractivity contribution in [3.8, 4) is 5.75 Å². The van der Waals surface area contributed by atoms with Gasteiger partial charge in [0.15, 0.2) is 0 Å². The van der Waals surface area contributed by atoms with E-state index in [0.29, 0.717) is 25.1 Å². The molecular weight excluding hydrogens is 395 g/mol. The van der Waals surface area contributed by atoms with Crippen LogP contribution < -0.4 is 4.74 Å². The van der Waals surface area contributed by atoms with Crippen molar-refractivity contribution in [3.63, 3.8) is 0 Å². The lowest BCUT2D eigenvalue weighted by atomic mass is 9.98. The van der Waals surface area contributed by atoms with Gasteiger partial charge in [-0.25, -0.2) is 4.39 Å². The van der Waals surface area contributed by atoms with E-state index in [9.17, 15) is 14.0 Å². The van der Waals surface area contributed by atoms with E-state index >= 15 is 0 Å². The van der Waals surface area contributed by atoms with Gasteiger partial charge in [-0.2, -0.15) is 0 Å². The van der Waals surface area contributed by atoms with Crippen LogP contribution in [0.4, 0.5) is 4.39 Å². The van der Waals surface area contributed by atoms with Crippen molar-refractivity contribution in [2.45, 2.75) is 32.1 Å². The predicted molar refractivity (Wildman–Crippen MR) is 116 cm³/mol. The van der Waals surface area contributed by atoms with Crippen molar-refractivity contribution in [1.29, 1.82) is 0 Å². The van der Waals surface area contributed by atoms with Crippen molar-refractivity contribution in [3.05, 3.63) is 65.5 Å². The summed E-state index contributed by atoms with van der Waals surface area (Å²) >= 11 is 0. The van der Waals surface area contributed by atoms with Gasteiger partial charge in [0.1, 0.15) is 11.6 Å². The smallest absolute Gasteiger partial charge is 0.253 e. The molecule has 2 aliphatic heterocycles. The topological polar surface area (TPSA) is 49.9 Å². The Morgan fingerprint density at radius 2 is 1.58 bits per heavy atom. The van der Waals surface area contributed by atoms with E-state index in [1.165, 1.54) is 12.1 Å². The minimum absolute atomic E-state index is 0.0705. The summed E-state index contributed by atoms with van der Waals surface area (Å²) in [5, 5.41) is 0. The Kier molecular flexibility index (Phi) is 6.85. The van der Waals surface area contributed by atoms with Gasteiger partial charge in [0.05, 0.1) is 13.0 Å². The van der Waals surface area contributed by atoms with Crippen molar-refractivity contribution >= 4 is 11.8 Å². The summed E-state index contributed by atoms with van der Waals surface area (Å²) in [6, 6.07) is 13.5. The van der Waals surface area contributed by atoms with E-state index < -0.39 is 0 Å². The van der Waals surface area contributed by atoms with Crippen molar-refractivity contribution in [2.75, 3.05) is 32.8 Å². The first kappa shape index (κ1) is 21.3. The van der Waals surface area contributed by atoms with Crippen LogP contribution >= 0.6 is 0 Å². The van der Waals surface area contributed by atoms with Crippen LogP contribution in [0, 0.1) is 11.7 Å². The van der Waals surface area contributed by atoms with Crippen LogP contribution in [0.15, 0.2) is 48.5 Å². The molecule has 4 rings (SSSR count). The maximum absolute atomic E-state index is 13.1. The Hall–Kier alpha value is -2.89. The molecule has 6 heteroatoms. The molecule has 0 aromatic heterocycles. The van der Waals surface area contributed by atoms with Gasteiger partial charge >= 0.3 is 0 Å². The van der Waals surface area contributed by atoms with E-state index in [2.05, 4.69) is 0 Å². The van der Waals surface area contributed by atoms with Crippen molar-refractivity contribution < 1.29 is 18.7 Å². The highest BCUT2D eigenvalue weighted by molar-refractivity contribution is 5.94. The first-order valence-electron chi connectivity index (χ1n) is 11.1. The third-order valence-electron chi connectivity index (χ3n) is 6.12. The average molecular weight is 425 g/mol. The van der Waals surface area contributed by atoms with Crippen LogP contribution in [-0.2, 0) is 11.2 Å². The Labute approximate surface area is 182 Å². The highest BCUT2D eigenvalue weighted by Crippen LogP contribution is 2.21. The van der Waals surface area contributed by atoms with Crippen LogP contribution in [0.2, 0.25) is 0 Å². The zero-order chi connectivity index (χ0) is 21.6. The lowest BCUT2D eigenvalue weighted by molar-refractivity contribution is -0.132. The van der Waals surface area contributed by atoms with Crippen LogP contribution in [0.1, 0.15) is 41.6 Å². The van der Waals surface area contributed by atoms with E-state index in [0.717, 1.165) is 56.6 Å². The number of hydrogen-bond donors (Lipinski definition) is 0. The van der Waals surface area contributed by atoms with E-state index in [1.807, 2.05) is 34.1 Å². The van der Waals surface area contributed by atoms with Gasteiger partial charge in [-0.1, -0.05) is 12.1 Å². The summed E-state index contributed by atoms with van der Waals surface area (Å²) < 4.78 is 19.0. The SMILES string of the molecule is O=C(Cc1ccc(F)cc1)N1CCC[C@@H](COc2ccc(C(=O)N3CCCC3)cc2)C1. The van der Waals surface area contributed by atoms with E-state index in [4.69, 9.17) is 4.74 Å². The van der Waals surface area contributed by atoms with Crippen LogP contribution in [-0.4, -0.2) is 54.4 Å². The molecule has 0 saturated carbocycles. The summed E-state index contributed by atoms with van der Waals surface area (Å²) in [4.78, 5) is 28.9. The second kappa shape index (κ2) is 9.94. The number of halogens is 1. The number of nitrogens with zero attached hydrogens (tertiary/aromatic N) is 2. The normalized spacial score (nSPS) is 18.8. The van der Waals surface area contributed by atoms with Crippen molar-refractivity contribution in [2.24, 2.45) is 5.92 Å². The number of carbonyl (C=O) groups excluding carboxylic acids is 2. The number of carbonyl (C=O) groups is 2. The fourth-order valence-corrected chi connectivity index (χ4v) is 4.33. The molecule has 2 fully saturated rings.